The predicted molar refractivity (Wildman–Crippen MR) is 97.5 cm³/mol. The lowest BCUT2D eigenvalue weighted by atomic mass is 9.92. The summed E-state index contributed by atoms with van der Waals surface area (Å²) >= 11 is 7.45. The number of carbonyl (C=O) groups is 2. The van der Waals surface area contributed by atoms with E-state index in [1.165, 1.54) is 11.3 Å². The molecule has 1 aliphatic heterocycles. The predicted octanol–water partition coefficient (Wildman–Crippen LogP) is 2.84. The fourth-order valence-corrected chi connectivity index (χ4v) is 4.12. The van der Waals surface area contributed by atoms with E-state index in [1.54, 1.807) is 0 Å². The van der Waals surface area contributed by atoms with E-state index < -0.39 is 5.54 Å². The minimum absolute atomic E-state index is 0.0428. The Morgan fingerprint density at radius 1 is 1.36 bits per heavy atom. The topological polar surface area (TPSA) is 67.4 Å². The van der Waals surface area contributed by atoms with E-state index >= 15 is 0 Å². The molecule has 1 saturated heterocycles. The Kier molecular flexibility index (Phi) is 5.42. The summed E-state index contributed by atoms with van der Waals surface area (Å²) in [5, 5.41) is 6.14. The first-order valence-electron chi connectivity index (χ1n) is 7.97. The number of thiophene rings is 1. The molecule has 2 atom stereocenters. The minimum atomic E-state index is -0.589. The quantitative estimate of drug-likeness (QED) is 0.758. The molecule has 25 heavy (non-hydrogen) atoms. The highest BCUT2D eigenvalue weighted by Crippen LogP contribution is 2.37. The molecule has 0 saturated carbocycles. The number of esters is 1. The van der Waals surface area contributed by atoms with Crippen LogP contribution < -0.4 is 10.6 Å². The second-order valence-electron chi connectivity index (χ2n) is 6.14. The molecule has 0 spiro atoms. The van der Waals surface area contributed by atoms with Crippen LogP contribution in [0.25, 0.3) is 0 Å². The van der Waals surface area contributed by atoms with Gasteiger partial charge in [-0.25, -0.2) is 0 Å². The minimum Gasteiger partial charge on any atom is -0.460 e. The number of carbonyl (C=O) groups excluding carboxylic acids is 2. The van der Waals surface area contributed by atoms with Crippen molar-refractivity contribution >= 4 is 34.8 Å². The van der Waals surface area contributed by atoms with E-state index in [0.717, 1.165) is 10.4 Å². The van der Waals surface area contributed by atoms with Gasteiger partial charge < -0.3 is 15.4 Å². The molecule has 0 bridgehead atoms. The Balaban J connectivity index is 1.57. The van der Waals surface area contributed by atoms with E-state index in [9.17, 15) is 9.59 Å². The second-order valence-corrected chi connectivity index (χ2v) is 7.85. The highest BCUT2D eigenvalue weighted by molar-refractivity contribution is 7.16. The van der Waals surface area contributed by atoms with Crippen LogP contribution in [0.1, 0.15) is 23.8 Å². The van der Waals surface area contributed by atoms with Crippen LogP contribution in [0.3, 0.4) is 0 Å². The summed E-state index contributed by atoms with van der Waals surface area (Å²) < 4.78 is 5.93. The van der Waals surface area contributed by atoms with Gasteiger partial charge in [-0.2, -0.15) is 0 Å². The number of benzene rings is 1. The number of amides is 1. The molecule has 2 heterocycles. The smallest absolute Gasteiger partial charge is 0.320 e. The van der Waals surface area contributed by atoms with E-state index in [0.29, 0.717) is 10.8 Å². The van der Waals surface area contributed by atoms with Crippen molar-refractivity contribution in [3.05, 3.63) is 57.2 Å². The summed E-state index contributed by atoms with van der Waals surface area (Å²) in [5.74, 6) is -0.406. The van der Waals surface area contributed by atoms with Gasteiger partial charge in [-0.15, -0.1) is 11.3 Å². The average molecular weight is 379 g/mol. The number of rotatable bonds is 6. The zero-order chi connectivity index (χ0) is 17.9. The molecule has 132 valence electrons. The van der Waals surface area contributed by atoms with Gasteiger partial charge in [0.25, 0.3) is 0 Å². The first-order chi connectivity index (χ1) is 12.0. The summed E-state index contributed by atoms with van der Waals surface area (Å²) in [6, 6.07) is 13.0. The molecule has 7 heteroatoms. The normalized spacial score (nSPS) is 22.6. The summed E-state index contributed by atoms with van der Waals surface area (Å²) in [7, 11) is 0. The molecule has 0 radical (unpaired) electrons. The van der Waals surface area contributed by atoms with Gasteiger partial charge in [0.2, 0.25) is 5.91 Å². The number of ether oxygens (including phenoxy) is 1. The summed E-state index contributed by atoms with van der Waals surface area (Å²) in [6.07, 6.45) is 0.304. The van der Waals surface area contributed by atoms with E-state index in [-0.39, 0.29) is 31.1 Å². The van der Waals surface area contributed by atoms with Crippen LogP contribution in [0.4, 0.5) is 0 Å². The molecule has 1 fully saturated rings. The maximum Gasteiger partial charge on any atom is 0.320 e. The van der Waals surface area contributed by atoms with Crippen LogP contribution in [0.5, 0.6) is 0 Å². The molecule has 5 nitrogen and oxygen atoms in total. The first kappa shape index (κ1) is 17.9. The van der Waals surface area contributed by atoms with Crippen molar-refractivity contribution in [1.82, 2.24) is 10.6 Å². The van der Waals surface area contributed by atoms with Gasteiger partial charge in [-0.05, 0) is 24.6 Å². The molecule has 0 aliphatic carbocycles. The monoisotopic (exact) mass is 378 g/mol. The molecular formula is C18H19ClN2O3S. The van der Waals surface area contributed by atoms with Gasteiger partial charge in [0, 0.05) is 17.3 Å². The van der Waals surface area contributed by atoms with Crippen LogP contribution in [0.2, 0.25) is 4.34 Å². The van der Waals surface area contributed by atoms with Gasteiger partial charge in [0.1, 0.15) is 6.61 Å². The third kappa shape index (κ3) is 4.21. The zero-order valence-corrected chi connectivity index (χ0v) is 15.3. The van der Waals surface area contributed by atoms with Crippen molar-refractivity contribution in [3.63, 3.8) is 0 Å². The van der Waals surface area contributed by atoms with Crippen LogP contribution in [0, 0.1) is 0 Å². The number of hydrogen-bond acceptors (Lipinski definition) is 5. The highest BCUT2D eigenvalue weighted by Gasteiger charge is 2.45. The molecular weight excluding hydrogens is 360 g/mol. The van der Waals surface area contributed by atoms with Gasteiger partial charge in [0.15, 0.2) is 0 Å². The van der Waals surface area contributed by atoms with Crippen molar-refractivity contribution in [3.8, 4) is 0 Å². The standard InChI is InChI=1S/C18H19ClN2O3S/c1-18(14-7-8-15(19)25-14)13(9-16(22)21-18)20-10-17(23)24-11-12-5-3-2-4-6-12/h2-8,13,20H,9-11H2,1H3,(H,21,22)/t13?,18-/m0/s1. The Morgan fingerprint density at radius 2 is 2.12 bits per heavy atom. The Labute approximate surface area is 155 Å². The van der Waals surface area contributed by atoms with Crippen molar-refractivity contribution < 1.29 is 14.3 Å². The van der Waals surface area contributed by atoms with Crippen molar-refractivity contribution in [2.24, 2.45) is 0 Å². The number of halogens is 1. The Morgan fingerprint density at radius 3 is 2.80 bits per heavy atom. The first-order valence-corrected chi connectivity index (χ1v) is 9.16. The lowest BCUT2D eigenvalue weighted by molar-refractivity contribution is -0.144. The third-order valence-corrected chi connectivity index (χ3v) is 5.77. The molecule has 3 rings (SSSR count). The van der Waals surface area contributed by atoms with Gasteiger partial charge in [-0.3, -0.25) is 9.59 Å². The SMILES string of the molecule is C[C@]1(c2ccc(Cl)s2)NC(=O)CC1NCC(=O)OCc1ccccc1. The Hall–Kier alpha value is -1.89. The number of nitrogens with one attached hydrogen (secondary N) is 2. The van der Waals surface area contributed by atoms with Crippen LogP contribution in [-0.4, -0.2) is 24.5 Å². The molecule has 1 aromatic heterocycles. The van der Waals surface area contributed by atoms with E-state index in [2.05, 4.69) is 10.6 Å². The van der Waals surface area contributed by atoms with Crippen molar-refractivity contribution in [2.75, 3.05) is 6.54 Å². The fourth-order valence-electron chi connectivity index (χ4n) is 2.92. The molecule has 1 amide bonds. The highest BCUT2D eigenvalue weighted by atomic mass is 35.5. The lowest BCUT2D eigenvalue weighted by Gasteiger charge is -2.30. The zero-order valence-electron chi connectivity index (χ0n) is 13.8. The number of hydrogen-bond donors (Lipinski definition) is 2. The fraction of sp³-hybridized carbons (Fsp3) is 0.333. The van der Waals surface area contributed by atoms with Gasteiger partial charge >= 0.3 is 5.97 Å². The van der Waals surface area contributed by atoms with Crippen molar-refractivity contribution in [2.45, 2.75) is 31.5 Å². The van der Waals surface area contributed by atoms with E-state index in [4.69, 9.17) is 16.3 Å². The van der Waals surface area contributed by atoms with Crippen LogP contribution >= 0.6 is 22.9 Å². The third-order valence-electron chi connectivity index (χ3n) is 4.31. The maximum atomic E-state index is 12.0. The van der Waals surface area contributed by atoms with Gasteiger partial charge in [-0.1, -0.05) is 41.9 Å². The molecule has 1 aromatic carbocycles. The average Bonchev–Trinajstić information content (AvgIpc) is 3.16. The summed E-state index contributed by atoms with van der Waals surface area (Å²) in [4.78, 5) is 24.9. The second kappa shape index (κ2) is 7.56. The lowest BCUT2D eigenvalue weighted by Crippen LogP contribution is -2.49. The van der Waals surface area contributed by atoms with Crippen molar-refractivity contribution in [1.29, 1.82) is 0 Å². The molecule has 2 aromatic rings. The summed E-state index contributed by atoms with van der Waals surface area (Å²) in [6.45, 7) is 2.22. The Bertz CT molecular complexity index is 765. The molecule has 1 aliphatic rings. The largest absolute Gasteiger partial charge is 0.460 e. The van der Waals surface area contributed by atoms with Crippen LogP contribution in [-0.2, 0) is 26.5 Å². The molecule has 2 N–H and O–H groups in total. The van der Waals surface area contributed by atoms with Gasteiger partial charge in [0.05, 0.1) is 16.4 Å². The van der Waals surface area contributed by atoms with E-state index in [1.807, 2.05) is 49.4 Å². The maximum absolute atomic E-state index is 12.0. The summed E-state index contributed by atoms with van der Waals surface area (Å²) in [5.41, 5.74) is 0.348. The molecule has 1 unspecified atom stereocenters. The van der Waals surface area contributed by atoms with Crippen LogP contribution in [0.15, 0.2) is 42.5 Å².